The van der Waals surface area contributed by atoms with Crippen LogP contribution in [0.1, 0.15) is 19.5 Å². The maximum atomic E-state index is 11.6. The molecule has 8 nitrogen and oxygen atoms in total. The molecule has 0 unspecified atom stereocenters. The molecule has 18 heavy (non-hydrogen) atoms. The molecule has 1 aromatic heterocycles. The number of nitrogens with zero attached hydrogens (tertiary/aromatic N) is 3. The Kier molecular flexibility index (Phi) is 4.38. The van der Waals surface area contributed by atoms with E-state index in [-0.39, 0.29) is 25.5 Å². The monoisotopic (exact) mass is 254 g/mol. The summed E-state index contributed by atoms with van der Waals surface area (Å²) in [6, 6.07) is 0. The Labute approximate surface area is 105 Å². The third-order valence-corrected chi connectivity index (χ3v) is 2.50. The first-order chi connectivity index (χ1) is 8.35. The predicted molar refractivity (Wildman–Crippen MR) is 63.9 cm³/mol. The minimum atomic E-state index is -0.777. The van der Waals surface area contributed by atoms with Crippen molar-refractivity contribution in [2.75, 3.05) is 6.54 Å². The molecule has 0 aliphatic rings. The molecule has 0 aromatic carbocycles. The van der Waals surface area contributed by atoms with Crippen molar-refractivity contribution in [1.29, 1.82) is 0 Å². The summed E-state index contributed by atoms with van der Waals surface area (Å²) in [5.74, 6) is -0.730. The molecule has 0 atom stereocenters. The number of amides is 2. The zero-order valence-corrected chi connectivity index (χ0v) is 10.5. The van der Waals surface area contributed by atoms with Gasteiger partial charge >= 0.3 is 0 Å². The first-order valence-electron chi connectivity index (χ1n) is 5.51. The maximum absolute atomic E-state index is 11.6. The van der Waals surface area contributed by atoms with Crippen molar-refractivity contribution < 1.29 is 9.59 Å². The molecule has 0 aliphatic heterocycles. The molecule has 1 rings (SSSR count). The first kappa shape index (κ1) is 14.1. The van der Waals surface area contributed by atoms with Gasteiger partial charge in [-0.05, 0) is 13.8 Å². The standard InChI is InChI=1S/C10H18N6O2/c1-10(2,9(12)18)6-13-8(17)5-16-4-7(3-11)14-15-16/h4H,3,5-6,11H2,1-2H3,(H2,12,18)(H,13,17). The van der Waals surface area contributed by atoms with Gasteiger partial charge in [-0.3, -0.25) is 9.59 Å². The highest BCUT2D eigenvalue weighted by Gasteiger charge is 2.25. The van der Waals surface area contributed by atoms with Crippen molar-refractivity contribution in [2.24, 2.45) is 16.9 Å². The lowest BCUT2D eigenvalue weighted by molar-refractivity contribution is -0.127. The quantitative estimate of drug-likeness (QED) is 0.561. The predicted octanol–water partition coefficient (Wildman–Crippen LogP) is -1.64. The molecule has 5 N–H and O–H groups in total. The fourth-order valence-corrected chi connectivity index (χ4v) is 1.12. The summed E-state index contributed by atoms with van der Waals surface area (Å²) >= 11 is 0. The average Bonchev–Trinajstić information content (AvgIpc) is 2.74. The van der Waals surface area contributed by atoms with Gasteiger partial charge in [0.2, 0.25) is 11.8 Å². The summed E-state index contributed by atoms with van der Waals surface area (Å²) < 4.78 is 1.38. The van der Waals surface area contributed by atoms with Crippen LogP contribution in [0.4, 0.5) is 0 Å². The molecule has 0 fully saturated rings. The number of carbonyl (C=O) groups is 2. The molecule has 100 valence electrons. The van der Waals surface area contributed by atoms with E-state index in [0.29, 0.717) is 5.69 Å². The van der Waals surface area contributed by atoms with Crippen LogP contribution >= 0.6 is 0 Å². The molecule has 1 aromatic rings. The van der Waals surface area contributed by atoms with E-state index in [2.05, 4.69) is 15.6 Å². The lowest BCUT2D eigenvalue weighted by atomic mass is 9.93. The molecule has 0 bridgehead atoms. The van der Waals surface area contributed by atoms with Gasteiger partial charge in [-0.2, -0.15) is 0 Å². The Morgan fingerprint density at radius 3 is 2.67 bits per heavy atom. The second-order valence-electron chi connectivity index (χ2n) is 4.64. The number of rotatable bonds is 6. The molecular formula is C10H18N6O2. The molecule has 8 heteroatoms. The zero-order valence-electron chi connectivity index (χ0n) is 10.5. The maximum Gasteiger partial charge on any atom is 0.241 e. The van der Waals surface area contributed by atoms with Gasteiger partial charge in [0.15, 0.2) is 0 Å². The topological polar surface area (TPSA) is 129 Å². The van der Waals surface area contributed by atoms with E-state index in [1.54, 1.807) is 20.0 Å². The van der Waals surface area contributed by atoms with Crippen LogP contribution in [0.2, 0.25) is 0 Å². The van der Waals surface area contributed by atoms with Crippen LogP contribution in [-0.2, 0) is 22.7 Å². The largest absolute Gasteiger partial charge is 0.369 e. The number of carbonyl (C=O) groups excluding carboxylic acids is 2. The third kappa shape index (κ3) is 3.81. The third-order valence-electron chi connectivity index (χ3n) is 2.50. The van der Waals surface area contributed by atoms with Gasteiger partial charge in [-0.15, -0.1) is 5.10 Å². The number of hydrogen-bond acceptors (Lipinski definition) is 5. The summed E-state index contributed by atoms with van der Waals surface area (Å²) in [5.41, 5.74) is 10.4. The Balaban J connectivity index is 2.45. The fraction of sp³-hybridized carbons (Fsp3) is 0.600. The molecule has 0 saturated carbocycles. The Morgan fingerprint density at radius 1 is 1.50 bits per heavy atom. The van der Waals surface area contributed by atoms with Gasteiger partial charge in [-0.1, -0.05) is 5.21 Å². The van der Waals surface area contributed by atoms with Crippen molar-refractivity contribution in [3.8, 4) is 0 Å². The van der Waals surface area contributed by atoms with Gasteiger partial charge in [0, 0.05) is 13.1 Å². The smallest absolute Gasteiger partial charge is 0.241 e. The fourth-order valence-electron chi connectivity index (χ4n) is 1.12. The molecule has 0 radical (unpaired) electrons. The van der Waals surface area contributed by atoms with E-state index >= 15 is 0 Å². The van der Waals surface area contributed by atoms with Gasteiger partial charge < -0.3 is 16.8 Å². The first-order valence-corrected chi connectivity index (χ1v) is 5.51. The molecule has 0 aliphatic carbocycles. The number of nitrogens with two attached hydrogens (primary N) is 2. The average molecular weight is 254 g/mol. The van der Waals surface area contributed by atoms with E-state index in [1.807, 2.05) is 0 Å². The van der Waals surface area contributed by atoms with Crippen LogP contribution in [0.25, 0.3) is 0 Å². The van der Waals surface area contributed by atoms with E-state index in [0.717, 1.165) is 0 Å². The highest BCUT2D eigenvalue weighted by atomic mass is 16.2. The van der Waals surface area contributed by atoms with Crippen molar-refractivity contribution in [3.05, 3.63) is 11.9 Å². The van der Waals surface area contributed by atoms with Crippen LogP contribution in [0.5, 0.6) is 0 Å². The Bertz CT molecular complexity index is 439. The highest BCUT2D eigenvalue weighted by molar-refractivity contribution is 5.81. The molecule has 1 heterocycles. The van der Waals surface area contributed by atoms with Gasteiger partial charge in [0.25, 0.3) is 0 Å². The number of primary amides is 1. The van der Waals surface area contributed by atoms with Crippen molar-refractivity contribution in [2.45, 2.75) is 26.9 Å². The van der Waals surface area contributed by atoms with Crippen molar-refractivity contribution >= 4 is 11.8 Å². The molecule has 0 saturated heterocycles. The van der Waals surface area contributed by atoms with E-state index in [9.17, 15) is 9.59 Å². The summed E-state index contributed by atoms with van der Waals surface area (Å²) in [5, 5.41) is 10.1. The molecule has 2 amide bonds. The molecule has 0 spiro atoms. The lowest BCUT2D eigenvalue weighted by Gasteiger charge is -2.20. The van der Waals surface area contributed by atoms with E-state index in [1.165, 1.54) is 4.68 Å². The van der Waals surface area contributed by atoms with Crippen molar-refractivity contribution in [3.63, 3.8) is 0 Å². The van der Waals surface area contributed by atoms with Gasteiger partial charge in [-0.25, -0.2) is 4.68 Å². The Morgan fingerprint density at radius 2 is 2.17 bits per heavy atom. The SMILES string of the molecule is CC(C)(CNC(=O)Cn1cc(CN)nn1)C(N)=O. The second-order valence-corrected chi connectivity index (χ2v) is 4.64. The minimum Gasteiger partial charge on any atom is -0.369 e. The number of aromatic nitrogens is 3. The zero-order chi connectivity index (χ0) is 13.8. The van der Waals surface area contributed by atoms with Crippen LogP contribution in [0.15, 0.2) is 6.20 Å². The van der Waals surface area contributed by atoms with Gasteiger partial charge in [0.1, 0.15) is 6.54 Å². The minimum absolute atomic E-state index is 0.0296. The van der Waals surface area contributed by atoms with Crippen LogP contribution in [0, 0.1) is 5.41 Å². The van der Waals surface area contributed by atoms with E-state index < -0.39 is 11.3 Å². The van der Waals surface area contributed by atoms with Crippen LogP contribution < -0.4 is 16.8 Å². The number of nitrogens with one attached hydrogen (secondary N) is 1. The molecular weight excluding hydrogens is 236 g/mol. The van der Waals surface area contributed by atoms with E-state index in [4.69, 9.17) is 11.5 Å². The van der Waals surface area contributed by atoms with Crippen LogP contribution in [0.3, 0.4) is 0 Å². The lowest BCUT2D eigenvalue weighted by Crippen LogP contribution is -2.43. The van der Waals surface area contributed by atoms with Gasteiger partial charge in [0.05, 0.1) is 17.3 Å². The highest BCUT2D eigenvalue weighted by Crippen LogP contribution is 2.11. The summed E-state index contributed by atoms with van der Waals surface area (Å²) in [4.78, 5) is 22.7. The summed E-state index contributed by atoms with van der Waals surface area (Å²) in [6.07, 6.45) is 1.60. The second kappa shape index (κ2) is 5.58. The van der Waals surface area contributed by atoms with Crippen molar-refractivity contribution in [1.82, 2.24) is 20.3 Å². The normalized spacial score (nSPS) is 11.3. The summed E-state index contributed by atoms with van der Waals surface area (Å²) in [7, 11) is 0. The van der Waals surface area contributed by atoms with Crippen LogP contribution in [-0.4, -0.2) is 33.4 Å². The Hall–Kier alpha value is -1.96. The summed E-state index contributed by atoms with van der Waals surface area (Å²) in [6.45, 7) is 3.81. The number of hydrogen-bond donors (Lipinski definition) is 3.